The quantitative estimate of drug-likeness (QED) is 0.864. The lowest BCUT2D eigenvalue weighted by molar-refractivity contribution is -0.138. The monoisotopic (exact) mass is 342 g/mol. The molecule has 0 fully saturated rings. The second-order valence-corrected chi connectivity index (χ2v) is 4.81. The van der Waals surface area contributed by atoms with E-state index in [4.69, 9.17) is 0 Å². The minimum absolute atomic E-state index is 0.0902. The Kier molecular flexibility index (Phi) is 4.58. The van der Waals surface area contributed by atoms with E-state index >= 15 is 0 Å². The zero-order valence-electron chi connectivity index (χ0n) is 12.9. The third kappa shape index (κ3) is 3.36. The molecule has 0 bridgehead atoms. The van der Waals surface area contributed by atoms with Gasteiger partial charge in [-0.15, -0.1) is 0 Å². The summed E-state index contributed by atoms with van der Waals surface area (Å²) in [5.74, 6) is -1.74. The summed E-state index contributed by atoms with van der Waals surface area (Å²) in [5.41, 5.74) is -2.03. The highest BCUT2D eigenvalue weighted by molar-refractivity contribution is 6.04. The molecule has 2 heterocycles. The van der Waals surface area contributed by atoms with E-state index in [1.807, 2.05) is 0 Å². The molecule has 0 unspecified atom stereocenters. The molecule has 0 radical (unpaired) electrons. The molecule has 0 aliphatic heterocycles. The van der Waals surface area contributed by atoms with Crippen LogP contribution in [0.15, 0.2) is 18.3 Å². The van der Waals surface area contributed by atoms with Crippen LogP contribution in [0.5, 0.6) is 0 Å². The van der Waals surface area contributed by atoms with Crippen LogP contribution >= 0.6 is 0 Å². The van der Waals surface area contributed by atoms with Gasteiger partial charge in [0.25, 0.3) is 5.91 Å². The summed E-state index contributed by atoms with van der Waals surface area (Å²) in [6.45, 7) is 1.17. The number of pyridine rings is 1. The molecule has 0 aliphatic rings. The van der Waals surface area contributed by atoms with Crippen molar-refractivity contribution >= 4 is 17.6 Å². The Bertz CT molecular complexity index is 799. The van der Waals surface area contributed by atoms with Gasteiger partial charge in [0.1, 0.15) is 17.0 Å². The van der Waals surface area contributed by atoms with E-state index in [1.54, 1.807) is 0 Å². The maximum Gasteiger partial charge on any atom is 0.420 e. The lowest BCUT2D eigenvalue weighted by Crippen LogP contribution is -2.21. The van der Waals surface area contributed by atoms with Gasteiger partial charge >= 0.3 is 12.1 Å². The number of carbonyl (C=O) groups excluding carboxylic acids is 2. The molecule has 2 aromatic rings. The number of carbonyl (C=O) groups is 2. The number of aryl methyl sites for hydroxylation is 2. The summed E-state index contributed by atoms with van der Waals surface area (Å²) < 4.78 is 44.7. The lowest BCUT2D eigenvalue weighted by Gasteiger charge is -2.11. The Morgan fingerprint density at radius 1 is 1.33 bits per heavy atom. The third-order valence-corrected chi connectivity index (χ3v) is 3.13. The first kappa shape index (κ1) is 17.4. The average molecular weight is 342 g/mol. The molecular formula is C14H13F3N4O3. The van der Waals surface area contributed by atoms with Crippen LogP contribution in [0.25, 0.3) is 0 Å². The van der Waals surface area contributed by atoms with Crippen LogP contribution in [0.1, 0.15) is 32.2 Å². The van der Waals surface area contributed by atoms with E-state index < -0.39 is 29.3 Å². The van der Waals surface area contributed by atoms with Crippen LogP contribution in [0, 0.1) is 6.92 Å². The normalized spacial score (nSPS) is 11.2. The first-order valence-corrected chi connectivity index (χ1v) is 6.61. The number of nitrogens with one attached hydrogen (secondary N) is 1. The number of esters is 1. The fraction of sp³-hybridized carbons (Fsp3) is 0.286. The van der Waals surface area contributed by atoms with Gasteiger partial charge in [-0.2, -0.15) is 18.3 Å². The summed E-state index contributed by atoms with van der Waals surface area (Å²) >= 11 is 0. The second kappa shape index (κ2) is 6.30. The summed E-state index contributed by atoms with van der Waals surface area (Å²) in [6, 6.07) is 2.53. The number of hydrogen-bond donors (Lipinski definition) is 1. The van der Waals surface area contributed by atoms with Crippen LogP contribution in [0.4, 0.5) is 18.9 Å². The summed E-state index contributed by atoms with van der Waals surface area (Å²) in [5, 5.41) is 5.95. The van der Waals surface area contributed by atoms with Gasteiger partial charge in [0.05, 0.1) is 12.8 Å². The van der Waals surface area contributed by atoms with Crippen LogP contribution in [0.3, 0.4) is 0 Å². The smallest absolute Gasteiger partial charge is 0.420 e. The van der Waals surface area contributed by atoms with E-state index in [0.29, 0.717) is 0 Å². The number of hydrogen-bond acceptors (Lipinski definition) is 5. The minimum Gasteiger partial charge on any atom is -0.464 e. The van der Waals surface area contributed by atoms with E-state index in [0.717, 1.165) is 11.8 Å². The van der Waals surface area contributed by atoms with Crippen molar-refractivity contribution in [2.75, 3.05) is 12.4 Å². The first-order chi connectivity index (χ1) is 11.1. The van der Waals surface area contributed by atoms with Gasteiger partial charge in [0.2, 0.25) is 0 Å². The van der Waals surface area contributed by atoms with Gasteiger partial charge in [-0.1, -0.05) is 0 Å². The minimum atomic E-state index is -4.72. The molecular weight excluding hydrogens is 329 g/mol. The standard InChI is InChI=1S/C14H13F3N4O3/c1-7-10(14(15,16)17)11(21(2)20-7)12(22)19-8-4-5-18-9(6-8)13(23)24-3/h4-6H,1-3H3,(H,18,19,22). The lowest BCUT2D eigenvalue weighted by atomic mass is 10.1. The number of alkyl halides is 3. The summed E-state index contributed by atoms with van der Waals surface area (Å²) in [6.07, 6.45) is -3.50. The van der Waals surface area contributed by atoms with Crippen LogP contribution in [0.2, 0.25) is 0 Å². The van der Waals surface area contributed by atoms with Crippen LogP contribution in [-0.4, -0.2) is 33.8 Å². The van der Waals surface area contributed by atoms with Crippen molar-refractivity contribution in [1.29, 1.82) is 0 Å². The Hall–Kier alpha value is -2.91. The highest BCUT2D eigenvalue weighted by Gasteiger charge is 2.40. The van der Waals surface area contributed by atoms with Gasteiger partial charge in [0, 0.05) is 18.9 Å². The number of ether oxygens (including phenoxy) is 1. The number of halogens is 3. The molecule has 0 spiro atoms. The van der Waals surface area contributed by atoms with Crippen molar-refractivity contribution in [2.24, 2.45) is 7.05 Å². The van der Waals surface area contributed by atoms with Crippen molar-refractivity contribution < 1.29 is 27.5 Å². The van der Waals surface area contributed by atoms with E-state index in [2.05, 4.69) is 20.1 Å². The maximum absolute atomic E-state index is 13.1. The Balaban J connectivity index is 2.37. The van der Waals surface area contributed by atoms with Gasteiger partial charge in [-0.05, 0) is 19.1 Å². The van der Waals surface area contributed by atoms with Gasteiger partial charge in [-0.25, -0.2) is 9.78 Å². The zero-order chi connectivity index (χ0) is 18.1. The van der Waals surface area contributed by atoms with Crippen molar-refractivity contribution in [2.45, 2.75) is 13.1 Å². The average Bonchev–Trinajstić information content (AvgIpc) is 2.81. The molecule has 1 amide bonds. The van der Waals surface area contributed by atoms with Gasteiger partial charge < -0.3 is 10.1 Å². The van der Waals surface area contributed by atoms with E-state index in [1.165, 1.54) is 32.3 Å². The molecule has 0 aliphatic carbocycles. The van der Waals surface area contributed by atoms with Crippen molar-refractivity contribution in [3.8, 4) is 0 Å². The maximum atomic E-state index is 13.1. The number of amides is 1. The Labute approximate surface area is 134 Å². The third-order valence-electron chi connectivity index (χ3n) is 3.13. The molecule has 0 atom stereocenters. The molecule has 128 valence electrons. The van der Waals surface area contributed by atoms with Gasteiger partial charge in [0.15, 0.2) is 0 Å². The van der Waals surface area contributed by atoms with Gasteiger partial charge in [-0.3, -0.25) is 9.48 Å². The number of rotatable bonds is 3. The number of nitrogens with zero attached hydrogens (tertiary/aromatic N) is 3. The second-order valence-electron chi connectivity index (χ2n) is 4.81. The molecule has 24 heavy (non-hydrogen) atoms. The van der Waals surface area contributed by atoms with Crippen molar-refractivity contribution in [3.05, 3.63) is 41.0 Å². The first-order valence-electron chi connectivity index (χ1n) is 6.61. The Morgan fingerprint density at radius 2 is 2.00 bits per heavy atom. The number of aromatic nitrogens is 3. The fourth-order valence-electron chi connectivity index (χ4n) is 2.17. The Morgan fingerprint density at radius 3 is 2.58 bits per heavy atom. The number of methoxy groups -OCH3 is 1. The molecule has 0 saturated heterocycles. The van der Waals surface area contributed by atoms with E-state index in [9.17, 15) is 22.8 Å². The van der Waals surface area contributed by atoms with Crippen LogP contribution < -0.4 is 5.32 Å². The summed E-state index contributed by atoms with van der Waals surface area (Å²) in [4.78, 5) is 27.4. The highest BCUT2D eigenvalue weighted by atomic mass is 19.4. The molecule has 1 N–H and O–H groups in total. The summed E-state index contributed by atoms with van der Waals surface area (Å²) in [7, 11) is 2.40. The van der Waals surface area contributed by atoms with E-state index in [-0.39, 0.29) is 17.1 Å². The molecule has 7 nitrogen and oxygen atoms in total. The predicted molar refractivity (Wildman–Crippen MR) is 76.5 cm³/mol. The predicted octanol–water partition coefficient (Wildman–Crippen LogP) is 2.18. The van der Waals surface area contributed by atoms with Crippen LogP contribution in [-0.2, 0) is 18.0 Å². The SMILES string of the molecule is COC(=O)c1cc(NC(=O)c2c(C(F)(F)F)c(C)nn2C)ccn1. The molecule has 2 rings (SSSR count). The topological polar surface area (TPSA) is 86.1 Å². The molecule has 0 saturated carbocycles. The molecule has 0 aromatic carbocycles. The fourth-order valence-corrected chi connectivity index (χ4v) is 2.17. The largest absolute Gasteiger partial charge is 0.464 e. The molecule has 2 aromatic heterocycles. The highest BCUT2D eigenvalue weighted by Crippen LogP contribution is 2.34. The number of anilines is 1. The zero-order valence-corrected chi connectivity index (χ0v) is 12.9. The van der Waals surface area contributed by atoms with Crippen molar-refractivity contribution in [1.82, 2.24) is 14.8 Å². The van der Waals surface area contributed by atoms with Crippen molar-refractivity contribution in [3.63, 3.8) is 0 Å². The molecule has 10 heteroatoms.